The third-order valence-electron chi connectivity index (χ3n) is 3.83. The molecule has 7 heteroatoms. The zero-order chi connectivity index (χ0) is 19.6. The van der Waals surface area contributed by atoms with Crippen molar-refractivity contribution >= 4 is 34.9 Å². The predicted molar refractivity (Wildman–Crippen MR) is 102 cm³/mol. The molecule has 0 spiro atoms. The number of benzene rings is 2. The van der Waals surface area contributed by atoms with E-state index in [9.17, 15) is 14.0 Å². The third kappa shape index (κ3) is 4.56. The highest BCUT2D eigenvalue weighted by molar-refractivity contribution is 6.42. The fourth-order valence-corrected chi connectivity index (χ4v) is 2.73. The predicted octanol–water partition coefficient (Wildman–Crippen LogP) is 5.38. The van der Waals surface area contributed by atoms with Crippen molar-refractivity contribution in [3.05, 3.63) is 81.2 Å². The van der Waals surface area contributed by atoms with Gasteiger partial charge in [0.15, 0.2) is 5.78 Å². The average molecular weight is 406 g/mol. The van der Waals surface area contributed by atoms with Crippen molar-refractivity contribution in [3.63, 3.8) is 0 Å². The number of amides is 1. The maximum atomic E-state index is 13.8. The summed E-state index contributed by atoms with van der Waals surface area (Å²) in [6, 6.07) is 7.09. The van der Waals surface area contributed by atoms with Crippen LogP contribution in [-0.2, 0) is 4.79 Å². The highest BCUT2D eigenvalue weighted by Gasteiger charge is 2.18. The van der Waals surface area contributed by atoms with Crippen LogP contribution in [0.1, 0.15) is 22.3 Å². The topological polar surface area (TPSA) is 55.4 Å². The summed E-state index contributed by atoms with van der Waals surface area (Å²) < 4.78 is 19.4. The third-order valence-corrected chi connectivity index (χ3v) is 4.55. The zero-order valence-corrected chi connectivity index (χ0v) is 15.7. The molecule has 1 amide bonds. The van der Waals surface area contributed by atoms with E-state index in [-0.39, 0.29) is 32.9 Å². The lowest BCUT2D eigenvalue weighted by atomic mass is 10.1. The summed E-state index contributed by atoms with van der Waals surface area (Å²) in [5, 5.41) is 2.96. The van der Waals surface area contributed by atoms with Crippen LogP contribution in [0, 0.1) is 12.7 Å². The van der Waals surface area contributed by atoms with Gasteiger partial charge in [0.05, 0.1) is 15.6 Å². The summed E-state index contributed by atoms with van der Waals surface area (Å²) in [6.45, 7) is 1.63. The number of rotatable bonds is 4. The Morgan fingerprint density at radius 1 is 1.19 bits per heavy atom. The molecule has 0 fully saturated rings. The van der Waals surface area contributed by atoms with E-state index in [0.717, 1.165) is 0 Å². The van der Waals surface area contributed by atoms with E-state index in [1.165, 1.54) is 24.3 Å². The summed E-state index contributed by atoms with van der Waals surface area (Å²) in [7, 11) is 0. The first kappa shape index (κ1) is 19.1. The van der Waals surface area contributed by atoms with Crippen LogP contribution in [0.25, 0.3) is 0 Å². The van der Waals surface area contributed by atoms with Crippen LogP contribution < -0.4 is 10.1 Å². The number of ketones is 1. The molecule has 4 nitrogen and oxygen atoms in total. The maximum absolute atomic E-state index is 13.8. The summed E-state index contributed by atoms with van der Waals surface area (Å²) in [5.41, 5.74) is 0.919. The Balaban J connectivity index is 1.93. The van der Waals surface area contributed by atoms with Crippen LogP contribution in [0.5, 0.6) is 11.5 Å². The lowest BCUT2D eigenvalue weighted by Crippen LogP contribution is -2.24. The second-order valence-corrected chi connectivity index (χ2v) is 6.72. The van der Waals surface area contributed by atoms with Crippen molar-refractivity contribution in [3.8, 4) is 11.5 Å². The monoisotopic (exact) mass is 405 g/mol. The molecule has 1 aliphatic carbocycles. The van der Waals surface area contributed by atoms with Crippen LogP contribution in [0.4, 0.5) is 4.39 Å². The molecule has 3 rings (SSSR count). The van der Waals surface area contributed by atoms with Gasteiger partial charge in [-0.15, -0.1) is 0 Å². The molecule has 1 aliphatic rings. The van der Waals surface area contributed by atoms with Gasteiger partial charge in [0.25, 0.3) is 5.91 Å². The molecular weight excluding hydrogens is 392 g/mol. The lowest BCUT2D eigenvalue weighted by molar-refractivity contribution is -0.113. The van der Waals surface area contributed by atoms with Crippen molar-refractivity contribution in [2.45, 2.75) is 13.3 Å². The summed E-state index contributed by atoms with van der Waals surface area (Å²) in [4.78, 5) is 24.1. The fraction of sp³-hybridized carbons (Fsp3) is 0.100. The van der Waals surface area contributed by atoms with Gasteiger partial charge in [0.2, 0.25) is 0 Å². The van der Waals surface area contributed by atoms with Crippen LogP contribution in [-0.4, -0.2) is 11.7 Å². The molecule has 1 N–H and O–H groups in total. The standard InChI is InChI=1S/C20H14Cl2FNO3/c1-11-5-6-14(8-18(11)23)27-19-10-17(22)16(21)9-15(19)20(26)24-12-3-2-4-13(25)7-12/h2-3,5-10H,4H2,1H3,(H,24,26). The molecule has 0 heterocycles. The smallest absolute Gasteiger partial charge is 0.259 e. The van der Waals surface area contributed by atoms with Crippen LogP contribution >= 0.6 is 23.2 Å². The second-order valence-electron chi connectivity index (χ2n) is 5.90. The Hall–Kier alpha value is -2.63. The molecule has 0 aromatic heterocycles. The van der Waals surface area contributed by atoms with Crippen LogP contribution in [0.3, 0.4) is 0 Å². The highest BCUT2D eigenvalue weighted by atomic mass is 35.5. The average Bonchev–Trinajstić information content (AvgIpc) is 2.61. The fourth-order valence-electron chi connectivity index (χ4n) is 2.41. The molecule has 138 valence electrons. The molecule has 0 atom stereocenters. The summed E-state index contributed by atoms with van der Waals surface area (Å²) >= 11 is 12.1. The molecule has 0 bridgehead atoms. The second kappa shape index (κ2) is 7.94. The largest absolute Gasteiger partial charge is 0.456 e. The highest BCUT2D eigenvalue weighted by Crippen LogP contribution is 2.34. The Bertz CT molecular complexity index is 999. The maximum Gasteiger partial charge on any atom is 0.259 e. The minimum Gasteiger partial charge on any atom is -0.456 e. The number of nitrogens with one attached hydrogen (secondary N) is 1. The van der Waals surface area contributed by atoms with Gasteiger partial charge < -0.3 is 10.1 Å². The number of allylic oxidation sites excluding steroid dienone is 3. The Morgan fingerprint density at radius 3 is 2.63 bits per heavy atom. The van der Waals surface area contributed by atoms with Crippen molar-refractivity contribution in [1.82, 2.24) is 5.32 Å². The van der Waals surface area contributed by atoms with Crippen molar-refractivity contribution in [2.75, 3.05) is 0 Å². The Kier molecular flexibility index (Phi) is 5.63. The minimum absolute atomic E-state index is 0.0951. The van der Waals surface area contributed by atoms with Crippen molar-refractivity contribution in [1.29, 1.82) is 0 Å². The van der Waals surface area contributed by atoms with Crippen molar-refractivity contribution < 1.29 is 18.7 Å². The first-order chi connectivity index (χ1) is 12.8. The molecular formula is C20H14Cl2FNO3. The minimum atomic E-state index is -0.540. The number of halogens is 3. The SMILES string of the molecule is Cc1ccc(Oc2cc(Cl)c(Cl)cc2C(=O)NC2=CC(=O)CC=C2)cc1F. The number of carbonyl (C=O) groups excluding carboxylic acids is 2. The number of carbonyl (C=O) groups is 2. The van der Waals surface area contributed by atoms with E-state index in [4.69, 9.17) is 27.9 Å². The van der Waals surface area contributed by atoms with Gasteiger partial charge >= 0.3 is 0 Å². The summed E-state index contributed by atoms with van der Waals surface area (Å²) in [5.74, 6) is -0.778. The van der Waals surface area contributed by atoms with Gasteiger partial charge in [-0.25, -0.2) is 4.39 Å². The van der Waals surface area contributed by atoms with Gasteiger partial charge in [-0.3, -0.25) is 9.59 Å². The van der Waals surface area contributed by atoms with Crippen LogP contribution in [0.2, 0.25) is 10.0 Å². The van der Waals surface area contributed by atoms with E-state index in [1.807, 2.05) is 0 Å². The quantitative estimate of drug-likeness (QED) is 0.742. The van der Waals surface area contributed by atoms with Crippen LogP contribution in [0.15, 0.2) is 54.3 Å². The molecule has 0 saturated carbocycles. The van der Waals surface area contributed by atoms with E-state index in [2.05, 4.69) is 5.32 Å². The molecule has 27 heavy (non-hydrogen) atoms. The van der Waals surface area contributed by atoms with Crippen molar-refractivity contribution in [2.24, 2.45) is 0 Å². The molecule has 0 saturated heterocycles. The molecule has 0 unspecified atom stereocenters. The van der Waals surface area contributed by atoms with E-state index in [1.54, 1.807) is 31.2 Å². The number of ether oxygens (including phenoxy) is 1. The summed E-state index contributed by atoms with van der Waals surface area (Å²) in [6.07, 6.45) is 4.91. The number of hydrogen-bond acceptors (Lipinski definition) is 3. The van der Waals surface area contributed by atoms with Gasteiger partial charge in [0.1, 0.15) is 17.3 Å². The Labute approximate surface area is 165 Å². The molecule has 2 aromatic carbocycles. The van der Waals surface area contributed by atoms with E-state index in [0.29, 0.717) is 17.7 Å². The van der Waals surface area contributed by atoms with Gasteiger partial charge in [0, 0.05) is 30.3 Å². The number of hydrogen-bond donors (Lipinski definition) is 1. The Morgan fingerprint density at radius 2 is 1.93 bits per heavy atom. The van der Waals surface area contributed by atoms with Gasteiger partial charge in [-0.2, -0.15) is 0 Å². The molecule has 2 aromatic rings. The molecule has 0 aliphatic heterocycles. The van der Waals surface area contributed by atoms with E-state index >= 15 is 0 Å². The first-order valence-corrected chi connectivity index (χ1v) is 8.74. The first-order valence-electron chi connectivity index (χ1n) is 7.99. The van der Waals surface area contributed by atoms with Gasteiger partial charge in [-0.05, 0) is 30.7 Å². The van der Waals surface area contributed by atoms with Gasteiger partial charge in [-0.1, -0.05) is 35.3 Å². The molecule has 0 radical (unpaired) electrons. The normalized spacial score (nSPS) is 13.3. The number of aryl methyl sites for hydroxylation is 1. The zero-order valence-electron chi connectivity index (χ0n) is 14.2. The lowest BCUT2D eigenvalue weighted by Gasteiger charge is -2.14. The van der Waals surface area contributed by atoms with E-state index < -0.39 is 11.7 Å².